The third-order valence-electron chi connectivity index (χ3n) is 3.73. The maximum atomic E-state index is 12.3. The summed E-state index contributed by atoms with van der Waals surface area (Å²) >= 11 is 1.43. The average Bonchev–Trinajstić information content (AvgIpc) is 3.10. The van der Waals surface area contributed by atoms with Crippen LogP contribution < -0.4 is 10.1 Å². The van der Waals surface area contributed by atoms with E-state index in [2.05, 4.69) is 15.3 Å². The van der Waals surface area contributed by atoms with Crippen molar-refractivity contribution in [3.63, 3.8) is 0 Å². The molecule has 2 aromatic carbocycles. The van der Waals surface area contributed by atoms with E-state index >= 15 is 0 Å². The second-order valence-electron chi connectivity index (χ2n) is 5.59. The topological polar surface area (TPSA) is 64.1 Å². The molecule has 4 rings (SSSR count). The van der Waals surface area contributed by atoms with Crippen LogP contribution in [0, 0.1) is 0 Å². The summed E-state index contributed by atoms with van der Waals surface area (Å²) in [6, 6.07) is 21.0. The Hall–Kier alpha value is -3.25. The van der Waals surface area contributed by atoms with Crippen LogP contribution in [0.4, 0.5) is 5.13 Å². The number of amides is 1. The lowest BCUT2D eigenvalue weighted by molar-refractivity contribution is 0.102. The van der Waals surface area contributed by atoms with Gasteiger partial charge in [0.15, 0.2) is 5.13 Å². The third kappa shape index (κ3) is 3.70. The fourth-order valence-electron chi connectivity index (χ4n) is 2.43. The molecule has 0 saturated carbocycles. The second kappa shape index (κ2) is 7.33. The molecule has 0 aliphatic carbocycles. The molecule has 0 atom stereocenters. The number of thiazole rings is 1. The number of aromatic nitrogens is 2. The summed E-state index contributed by atoms with van der Waals surface area (Å²) in [5, 5.41) is 3.35. The van der Waals surface area contributed by atoms with Gasteiger partial charge in [0, 0.05) is 0 Å². The van der Waals surface area contributed by atoms with Crippen molar-refractivity contribution in [1.82, 2.24) is 9.97 Å². The van der Waals surface area contributed by atoms with Gasteiger partial charge in [-0.05, 0) is 29.8 Å². The van der Waals surface area contributed by atoms with Gasteiger partial charge < -0.3 is 4.74 Å². The summed E-state index contributed by atoms with van der Waals surface area (Å²) in [5.74, 6) is 0.323. The average molecular weight is 361 g/mol. The van der Waals surface area contributed by atoms with Crippen LogP contribution in [0.25, 0.3) is 10.2 Å². The van der Waals surface area contributed by atoms with Gasteiger partial charge in [-0.1, -0.05) is 53.8 Å². The number of para-hydroxylation sites is 1. The van der Waals surface area contributed by atoms with Gasteiger partial charge in [-0.2, -0.15) is 0 Å². The Balaban J connectivity index is 1.40. The lowest BCUT2D eigenvalue weighted by atomic mass is 10.2. The van der Waals surface area contributed by atoms with Gasteiger partial charge in [-0.3, -0.25) is 10.1 Å². The molecular formula is C20H15N3O2S. The predicted octanol–water partition coefficient (Wildman–Crippen LogP) is 4.52. The van der Waals surface area contributed by atoms with Crippen LogP contribution >= 0.6 is 11.3 Å². The van der Waals surface area contributed by atoms with Crippen molar-refractivity contribution in [1.29, 1.82) is 0 Å². The van der Waals surface area contributed by atoms with Crippen molar-refractivity contribution in [3.8, 4) is 5.75 Å². The lowest BCUT2D eigenvalue weighted by Gasteiger charge is -2.06. The Morgan fingerprint density at radius 1 is 1.00 bits per heavy atom. The van der Waals surface area contributed by atoms with Crippen molar-refractivity contribution in [3.05, 3.63) is 84.2 Å². The number of anilines is 1. The number of hydrogen-bond donors (Lipinski definition) is 1. The normalized spacial score (nSPS) is 10.6. The maximum absolute atomic E-state index is 12.3. The molecule has 0 spiro atoms. The minimum atomic E-state index is -0.293. The number of nitrogens with one attached hydrogen (secondary N) is 1. The van der Waals surface area contributed by atoms with Gasteiger partial charge in [0.2, 0.25) is 0 Å². The fraction of sp³-hybridized carbons (Fsp3) is 0.0500. The fourth-order valence-corrected chi connectivity index (χ4v) is 3.29. The third-order valence-corrected chi connectivity index (χ3v) is 4.68. The summed E-state index contributed by atoms with van der Waals surface area (Å²) in [6.45, 7) is 0.458. The number of ether oxygens (including phenoxy) is 1. The molecule has 0 bridgehead atoms. The van der Waals surface area contributed by atoms with E-state index in [9.17, 15) is 4.79 Å². The molecule has 1 N–H and O–H groups in total. The van der Waals surface area contributed by atoms with Crippen molar-refractivity contribution in [2.75, 3.05) is 5.32 Å². The molecule has 1 amide bonds. The van der Waals surface area contributed by atoms with E-state index in [0.29, 0.717) is 23.2 Å². The first kappa shape index (κ1) is 16.2. The van der Waals surface area contributed by atoms with Crippen LogP contribution in [0.1, 0.15) is 16.1 Å². The van der Waals surface area contributed by atoms with Gasteiger partial charge >= 0.3 is 0 Å². The zero-order chi connectivity index (χ0) is 17.8. The molecule has 2 heterocycles. The smallest absolute Gasteiger partial charge is 0.276 e. The van der Waals surface area contributed by atoms with Gasteiger partial charge in [-0.25, -0.2) is 9.97 Å². The van der Waals surface area contributed by atoms with E-state index < -0.39 is 0 Å². The highest BCUT2D eigenvalue weighted by Crippen LogP contribution is 2.25. The molecule has 0 saturated heterocycles. The molecule has 4 aromatic rings. The minimum absolute atomic E-state index is 0.293. The summed E-state index contributed by atoms with van der Waals surface area (Å²) < 4.78 is 6.71. The number of carbonyl (C=O) groups excluding carboxylic acids is 1. The van der Waals surface area contributed by atoms with Crippen molar-refractivity contribution < 1.29 is 9.53 Å². The molecule has 0 unspecified atom stereocenters. The number of fused-ring (bicyclic) bond motifs is 1. The largest absolute Gasteiger partial charge is 0.487 e. The molecule has 0 fully saturated rings. The lowest BCUT2D eigenvalue weighted by Crippen LogP contribution is -2.13. The molecule has 0 aliphatic rings. The monoisotopic (exact) mass is 361 g/mol. The minimum Gasteiger partial charge on any atom is -0.487 e. The Morgan fingerprint density at radius 3 is 2.58 bits per heavy atom. The van der Waals surface area contributed by atoms with Gasteiger partial charge in [0.05, 0.1) is 16.4 Å². The number of rotatable bonds is 5. The van der Waals surface area contributed by atoms with Gasteiger partial charge in [0.1, 0.15) is 18.1 Å². The number of pyridine rings is 1. The van der Waals surface area contributed by atoms with Crippen LogP contribution in [-0.4, -0.2) is 15.9 Å². The highest BCUT2D eigenvalue weighted by molar-refractivity contribution is 7.22. The first-order valence-corrected chi connectivity index (χ1v) is 8.89. The van der Waals surface area contributed by atoms with E-state index in [4.69, 9.17) is 4.74 Å². The van der Waals surface area contributed by atoms with Crippen molar-refractivity contribution in [2.45, 2.75) is 6.61 Å². The van der Waals surface area contributed by atoms with Crippen LogP contribution in [-0.2, 0) is 6.61 Å². The molecule has 6 heteroatoms. The maximum Gasteiger partial charge on any atom is 0.276 e. The van der Waals surface area contributed by atoms with E-state index in [1.54, 1.807) is 18.3 Å². The molecule has 0 radical (unpaired) electrons. The van der Waals surface area contributed by atoms with E-state index in [1.165, 1.54) is 11.3 Å². The molecule has 0 aliphatic heterocycles. The summed E-state index contributed by atoms with van der Waals surface area (Å²) in [7, 11) is 0. The number of benzene rings is 2. The highest BCUT2D eigenvalue weighted by atomic mass is 32.1. The van der Waals surface area contributed by atoms with E-state index in [0.717, 1.165) is 15.8 Å². The molecule has 5 nitrogen and oxygen atoms in total. The van der Waals surface area contributed by atoms with Crippen LogP contribution in [0.2, 0.25) is 0 Å². The molecule has 26 heavy (non-hydrogen) atoms. The van der Waals surface area contributed by atoms with Crippen molar-refractivity contribution in [2.24, 2.45) is 0 Å². The van der Waals surface area contributed by atoms with E-state index in [1.807, 2.05) is 54.6 Å². The predicted molar refractivity (Wildman–Crippen MR) is 103 cm³/mol. The van der Waals surface area contributed by atoms with Crippen LogP contribution in [0.3, 0.4) is 0 Å². The second-order valence-corrected chi connectivity index (χ2v) is 6.62. The van der Waals surface area contributed by atoms with Gasteiger partial charge in [-0.15, -0.1) is 0 Å². The Bertz CT molecular complexity index is 997. The number of carbonyl (C=O) groups is 1. The van der Waals surface area contributed by atoms with Crippen molar-refractivity contribution >= 4 is 32.6 Å². The SMILES string of the molecule is O=C(Nc1nc2ccccc2s1)c1ccc(OCc2ccccc2)cn1. The Labute approximate surface area is 154 Å². The Kier molecular flexibility index (Phi) is 4.57. The quantitative estimate of drug-likeness (QED) is 0.567. The first-order valence-electron chi connectivity index (χ1n) is 8.08. The zero-order valence-electron chi connectivity index (χ0n) is 13.8. The summed E-state index contributed by atoms with van der Waals surface area (Å²) in [4.78, 5) is 20.9. The standard InChI is InChI=1S/C20H15N3O2S/c24-19(23-20-22-16-8-4-5-9-18(16)26-20)17-11-10-15(12-21-17)25-13-14-6-2-1-3-7-14/h1-12H,13H2,(H,22,23,24). The summed E-state index contributed by atoms with van der Waals surface area (Å²) in [5.41, 5.74) is 2.26. The Morgan fingerprint density at radius 2 is 1.81 bits per heavy atom. The van der Waals surface area contributed by atoms with Crippen LogP contribution in [0.15, 0.2) is 72.9 Å². The molecule has 2 aromatic heterocycles. The van der Waals surface area contributed by atoms with Gasteiger partial charge in [0.25, 0.3) is 5.91 Å². The highest BCUT2D eigenvalue weighted by Gasteiger charge is 2.11. The zero-order valence-corrected chi connectivity index (χ0v) is 14.6. The number of hydrogen-bond acceptors (Lipinski definition) is 5. The number of nitrogens with zero attached hydrogens (tertiary/aromatic N) is 2. The van der Waals surface area contributed by atoms with E-state index in [-0.39, 0.29) is 5.91 Å². The van der Waals surface area contributed by atoms with Crippen LogP contribution in [0.5, 0.6) is 5.75 Å². The summed E-state index contributed by atoms with van der Waals surface area (Å²) in [6.07, 6.45) is 1.55. The molecule has 128 valence electrons. The first-order chi connectivity index (χ1) is 12.8. The molecular weight excluding hydrogens is 346 g/mol.